The lowest BCUT2D eigenvalue weighted by molar-refractivity contribution is -0.141. The summed E-state index contributed by atoms with van der Waals surface area (Å²) in [6.07, 6.45) is 8.55. The molecule has 0 saturated heterocycles. The van der Waals surface area contributed by atoms with Gasteiger partial charge in [-0.1, -0.05) is 69.3 Å². The molecule has 0 heterocycles. The Kier molecular flexibility index (Phi) is 4.12. The van der Waals surface area contributed by atoms with E-state index in [4.69, 9.17) is 0 Å². The first-order chi connectivity index (χ1) is 9.43. The number of hydrogen-bond acceptors (Lipinski definition) is 1. The monoisotopic (exact) mass is 270 g/mol. The van der Waals surface area contributed by atoms with Crippen LogP contribution in [0.15, 0.2) is 48.6 Å². The van der Waals surface area contributed by atoms with Crippen molar-refractivity contribution >= 4 is 5.97 Å². The van der Waals surface area contributed by atoms with Crippen LogP contribution >= 0.6 is 0 Å². The van der Waals surface area contributed by atoms with Crippen molar-refractivity contribution in [3.63, 3.8) is 0 Å². The van der Waals surface area contributed by atoms with Gasteiger partial charge in [0, 0.05) is 5.41 Å². The summed E-state index contributed by atoms with van der Waals surface area (Å²) in [4.78, 5) is 11.5. The Morgan fingerprint density at radius 1 is 1.25 bits per heavy atom. The Bertz CT molecular complexity index is 537. The molecule has 2 unspecified atom stereocenters. The minimum atomic E-state index is -0.778. The van der Waals surface area contributed by atoms with Gasteiger partial charge in [0.1, 0.15) is 0 Å². The van der Waals surface area contributed by atoms with Crippen molar-refractivity contribution in [2.24, 2.45) is 11.8 Å². The largest absolute Gasteiger partial charge is 0.481 e. The second-order valence-corrected chi connectivity index (χ2v) is 6.14. The van der Waals surface area contributed by atoms with Crippen LogP contribution in [0.3, 0.4) is 0 Å². The van der Waals surface area contributed by atoms with Crippen molar-refractivity contribution in [1.82, 2.24) is 0 Å². The third-order valence-corrected chi connectivity index (χ3v) is 3.99. The normalized spacial score (nSPS) is 25.1. The standard InChI is InChI=1S/C18H22O2/c1-13(2)12-14-7-9-15(10-8-14)18(3)11-5-4-6-16(18)17(19)20/h4-11,13,16H,12H2,1-3H3,(H,19,20). The predicted octanol–water partition coefficient (Wildman–Crippen LogP) is 3.97. The maximum Gasteiger partial charge on any atom is 0.311 e. The Morgan fingerprint density at radius 3 is 2.45 bits per heavy atom. The summed E-state index contributed by atoms with van der Waals surface area (Å²) in [6, 6.07) is 8.37. The van der Waals surface area contributed by atoms with Crippen LogP contribution in [0.5, 0.6) is 0 Å². The van der Waals surface area contributed by atoms with E-state index < -0.39 is 17.3 Å². The maximum atomic E-state index is 11.5. The fourth-order valence-electron chi connectivity index (χ4n) is 2.82. The van der Waals surface area contributed by atoms with E-state index in [1.54, 1.807) is 6.08 Å². The van der Waals surface area contributed by atoms with Gasteiger partial charge in [-0.15, -0.1) is 0 Å². The number of aliphatic carboxylic acids is 1. The summed E-state index contributed by atoms with van der Waals surface area (Å²) < 4.78 is 0. The third kappa shape index (κ3) is 2.84. The van der Waals surface area contributed by atoms with Crippen molar-refractivity contribution in [3.05, 3.63) is 59.7 Å². The summed E-state index contributed by atoms with van der Waals surface area (Å²) in [7, 11) is 0. The van der Waals surface area contributed by atoms with Crippen LogP contribution in [0, 0.1) is 11.8 Å². The van der Waals surface area contributed by atoms with E-state index in [-0.39, 0.29) is 0 Å². The highest BCUT2D eigenvalue weighted by Gasteiger charge is 2.38. The molecule has 0 bridgehead atoms. The number of carboxylic acid groups (broad SMARTS) is 1. The zero-order chi connectivity index (χ0) is 14.8. The molecule has 1 N–H and O–H groups in total. The second kappa shape index (κ2) is 5.66. The molecule has 0 spiro atoms. The average Bonchev–Trinajstić information content (AvgIpc) is 2.38. The average molecular weight is 270 g/mol. The lowest BCUT2D eigenvalue weighted by Gasteiger charge is -2.33. The highest BCUT2D eigenvalue weighted by molar-refractivity contribution is 5.76. The molecule has 1 aromatic carbocycles. The van der Waals surface area contributed by atoms with E-state index in [2.05, 4.69) is 38.1 Å². The number of rotatable bonds is 4. The van der Waals surface area contributed by atoms with Gasteiger partial charge in [0.15, 0.2) is 0 Å². The first-order valence-corrected chi connectivity index (χ1v) is 7.11. The molecule has 0 radical (unpaired) electrons. The van der Waals surface area contributed by atoms with Gasteiger partial charge in [0.05, 0.1) is 5.92 Å². The Hall–Kier alpha value is -1.83. The number of carboxylic acids is 1. The lowest BCUT2D eigenvalue weighted by Crippen LogP contribution is -2.35. The van der Waals surface area contributed by atoms with Gasteiger partial charge in [-0.3, -0.25) is 4.79 Å². The molecule has 2 heteroatoms. The molecule has 0 amide bonds. The van der Waals surface area contributed by atoms with Gasteiger partial charge in [-0.25, -0.2) is 0 Å². The zero-order valence-corrected chi connectivity index (χ0v) is 12.3. The summed E-state index contributed by atoms with van der Waals surface area (Å²) in [5.41, 5.74) is 1.88. The van der Waals surface area contributed by atoms with Crippen molar-refractivity contribution in [2.75, 3.05) is 0 Å². The smallest absolute Gasteiger partial charge is 0.311 e. The van der Waals surface area contributed by atoms with E-state index in [0.29, 0.717) is 5.92 Å². The quantitative estimate of drug-likeness (QED) is 0.899. The Labute approximate surface area is 120 Å². The molecular weight excluding hydrogens is 248 g/mol. The number of carbonyl (C=O) groups is 1. The molecule has 0 saturated carbocycles. The van der Waals surface area contributed by atoms with Gasteiger partial charge in [0.2, 0.25) is 0 Å². The lowest BCUT2D eigenvalue weighted by atomic mass is 9.69. The summed E-state index contributed by atoms with van der Waals surface area (Å²) in [5.74, 6) is -0.663. The van der Waals surface area contributed by atoms with Crippen molar-refractivity contribution < 1.29 is 9.90 Å². The number of allylic oxidation sites excluding steroid dienone is 3. The number of benzene rings is 1. The van der Waals surface area contributed by atoms with Crippen LogP contribution in [0.25, 0.3) is 0 Å². The first kappa shape index (κ1) is 14.6. The highest BCUT2D eigenvalue weighted by Crippen LogP contribution is 2.37. The van der Waals surface area contributed by atoms with E-state index in [9.17, 15) is 9.90 Å². The minimum absolute atomic E-state index is 0.475. The molecular formula is C18H22O2. The molecule has 1 aliphatic carbocycles. The van der Waals surface area contributed by atoms with E-state index in [0.717, 1.165) is 12.0 Å². The van der Waals surface area contributed by atoms with Crippen LogP contribution < -0.4 is 0 Å². The van der Waals surface area contributed by atoms with Crippen molar-refractivity contribution in [3.8, 4) is 0 Å². The highest BCUT2D eigenvalue weighted by atomic mass is 16.4. The SMILES string of the molecule is CC(C)Cc1ccc(C2(C)C=CC=CC2C(=O)O)cc1. The van der Waals surface area contributed by atoms with Crippen LogP contribution in [-0.4, -0.2) is 11.1 Å². The molecule has 0 aliphatic heterocycles. The molecule has 0 aromatic heterocycles. The fourth-order valence-corrected chi connectivity index (χ4v) is 2.82. The summed E-state index contributed by atoms with van der Waals surface area (Å²) >= 11 is 0. The Morgan fingerprint density at radius 2 is 1.90 bits per heavy atom. The molecule has 0 fully saturated rings. The first-order valence-electron chi connectivity index (χ1n) is 7.11. The van der Waals surface area contributed by atoms with E-state index >= 15 is 0 Å². The van der Waals surface area contributed by atoms with Crippen LogP contribution in [-0.2, 0) is 16.6 Å². The molecule has 2 atom stereocenters. The molecule has 1 aliphatic rings. The third-order valence-electron chi connectivity index (χ3n) is 3.99. The minimum Gasteiger partial charge on any atom is -0.481 e. The van der Waals surface area contributed by atoms with Gasteiger partial charge in [-0.2, -0.15) is 0 Å². The van der Waals surface area contributed by atoms with Crippen LogP contribution in [0.4, 0.5) is 0 Å². The van der Waals surface area contributed by atoms with Crippen molar-refractivity contribution in [1.29, 1.82) is 0 Å². The number of hydrogen-bond donors (Lipinski definition) is 1. The van der Waals surface area contributed by atoms with Gasteiger partial charge in [0.25, 0.3) is 0 Å². The Balaban J connectivity index is 2.31. The van der Waals surface area contributed by atoms with Gasteiger partial charge in [-0.05, 0) is 23.5 Å². The molecule has 20 heavy (non-hydrogen) atoms. The van der Waals surface area contributed by atoms with Crippen molar-refractivity contribution in [2.45, 2.75) is 32.6 Å². The molecule has 106 valence electrons. The summed E-state index contributed by atoms with van der Waals surface area (Å²) in [5, 5.41) is 9.42. The topological polar surface area (TPSA) is 37.3 Å². The molecule has 2 rings (SSSR count). The summed E-state index contributed by atoms with van der Waals surface area (Å²) in [6.45, 7) is 6.39. The van der Waals surface area contributed by atoms with Gasteiger partial charge >= 0.3 is 5.97 Å². The maximum absolute atomic E-state index is 11.5. The van der Waals surface area contributed by atoms with E-state index in [1.165, 1.54) is 5.56 Å². The van der Waals surface area contributed by atoms with Gasteiger partial charge < -0.3 is 5.11 Å². The molecule has 2 nitrogen and oxygen atoms in total. The van der Waals surface area contributed by atoms with E-state index in [1.807, 2.05) is 25.2 Å². The predicted molar refractivity (Wildman–Crippen MR) is 81.7 cm³/mol. The fraction of sp³-hybridized carbons (Fsp3) is 0.389. The van der Waals surface area contributed by atoms with Crippen LogP contribution in [0.1, 0.15) is 31.9 Å². The zero-order valence-electron chi connectivity index (χ0n) is 12.3. The molecule has 1 aromatic rings. The van der Waals surface area contributed by atoms with Crippen LogP contribution in [0.2, 0.25) is 0 Å². The second-order valence-electron chi connectivity index (χ2n) is 6.14.